The van der Waals surface area contributed by atoms with E-state index in [0.717, 1.165) is 12.0 Å². The summed E-state index contributed by atoms with van der Waals surface area (Å²) >= 11 is 3.53. The molecular formula is C9H8BrN. The molecular weight excluding hydrogens is 202 g/mol. The van der Waals surface area contributed by atoms with Crippen LogP contribution in [0.15, 0.2) is 22.7 Å². The first-order valence-corrected chi connectivity index (χ1v) is 4.70. The molecule has 56 valence electrons. The van der Waals surface area contributed by atoms with Gasteiger partial charge in [0, 0.05) is 16.4 Å². The molecule has 1 N–H and O–H groups in total. The predicted octanol–water partition coefficient (Wildman–Crippen LogP) is 2.73. The van der Waals surface area contributed by atoms with Crippen LogP contribution in [0.3, 0.4) is 0 Å². The molecule has 1 heterocycles. The van der Waals surface area contributed by atoms with Crippen molar-refractivity contribution in [3.8, 4) is 0 Å². The van der Waals surface area contributed by atoms with E-state index in [1.807, 2.05) is 0 Å². The number of benzene rings is 1. The fourth-order valence-electron chi connectivity index (χ4n) is 1.89. The Kier molecular flexibility index (Phi) is 0.995. The van der Waals surface area contributed by atoms with E-state index in [0.29, 0.717) is 0 Å². The Labute approximate surface area is 73.9 Å². The van der Waals surface area contributed by atoms with Gasteiger partial charge in [-0.1, -0.05) is 12.1 Å². The van der Waals surface area contributed by atoms with Gasteiger partial charge in [-0.3, -0.25) is 0 Å². The Bertz CT molecular complexity index is 321. The predicted molar refractivity (Wildman–Crippen MR) is 48.9 cm³/mol. The summed E-state index contributed by atoms with van der Waals surface area (Å²) in [5, 5.41) is 3.49. The van der Waals surface area contributed by atoms with Gasteiger partial charge in [-0.2, -0.15) is 0 Å². The molecule has 1 fully saturated rings. The Balaban J connectivity index is 2.24. The van der Waals surface area contributed by atoms with E-state index in [4.69, 9.17) is 0 Å². The third-order valence-corrected chi connectivity index (χ3v) is 3.23. The van der Waals surface area contributed by atoms with Gasteiger partial charge in [0.1, 0.15) is 0 Å². The second kappa shape index (κ2) is 1.81. The maximum Gasteiger partial charge on any atom is 0.0523 e. The van der Waals surface area contributed by atoms with Crippen LogP contribution in [0.4, 0.5) is 5.69 Å². The molecule has 1 aromatic rings. The number of fused-ring (bicyclic) bond motifs is 3. The SMILES string of the molecule is Brc1cccc2c1NC1CC21. The number of nitrogens with one attached hydrogen (secondary N) is 1. The van der Waals surface area contributed by atoms with Crippen molar-refractivity contribution in [2.45, 2.75) is 18.4 Å². The van der Waals surface area contributed by atoms with Crippen molar-refractivity contribution in [2.75, 3.05) is 5.32 Å². The molecule has 2 aliphatic rings. The molecule has 3 rings (SSSR count). The number of rotatable bonds is 0. The van der Waals surface area contributed by atoms with E-state index in [-0.39, 0.29) is 0 Å². The van der Waals surface area contributed by atoms with Crippen molar-refractivity contribution in [2.24, 2.45) is 0 Å². The second-order valence-corrected chi connectivity index (χ2v) is 4.15. The topological polar surface area (TPSA) is 12.0 Å². The summed E-state index contributed by atoms with van der Waals surface area (Å²) in [5.74, 6) is 0.822. The van der Waals surface area contributed by atoms with Gasteiger partial charge >= 0.3 is 0 Å². The standard InChI is InChI=1S/C9H8BrN/c10-7-3-1-2-5-6-4-8(6)11-9(5)7/h1-3,6,8,11H,4H2. The van der Waals surface area contributed by atoms with Gasteiger partial charge in [-0.25, -0.2) is 0 Å². The molecule has 2 heteroatoms. The average molecular weight is 210 g/mol. The highest BCUT2D eigenvalue weighted by molar-refractivity contribution is 9.10. The van der Waals surface area contributed by atoms with E-state index >= 15 is 0 Å². The fourth-order valence-corrected chi connectivity index (χ4v) is 2.38. The van der Waals surface area contributed by atoms with E-state index in [2.05, 4.69) is 39.4 Å². The first-order chi connectivity index (χ1) is 5.36. The Hall–Kier alpha value is -0.500. The summed E-state index contributed by atoms with van der Waals surface area (Å²) in [4.78, 5) is 0. The molecule has 1 saturated carbocycles. The summed E-state index contributed by atoms with van der Waals surface area (Å²) in [5.41, 5.74) is 2.83. The number of hydrogen-bond acceptors (Lipinski definition) is 1. The van der Waals surface area contributed by atoms with Crippen molar-refractivity contribution in [1.29, 1.82) is 0 Å². The summed E-state index contributed by atoms with van der Waals surface area (Å²) in [6, 6.07) is 7.19. The minimum atomic E-state index is 0.753. The van der Waals surface area contributed by atoms with Gasteiger partial charge in [0.25, 0.3) is 0 Å². The van der Waals surface area contributed by atoms with Gasteiger partial charge in [0.15, 0.2) is 0 Å². The van der Waals surface area contributed by atoms with Gasteiger partial charge in [-0.15, -0.1) is 0 Å². The van der Waals surface area contributed by atoms with E-state index in [9.17, 15) is 0 Å². The van der Waals surface area contributed by atoms with Gasteiger partial charge in [0.05, 0.1) is 5.69 Å². The summed E-state index contributed by atoms with van der Waals surface area (Å²) < 4.78 is 1.21. The molecule has 0 spiro atoms. The van der Waals surface area contributed by atoms with Crippen LogP contribution in [0.1, 0.15) is 17.9 Å². The third kappa shape index (κ3) is 0.707. The molecule has 2 unspecified atom stereocenters. The van der Waals surface area contributed by atoms with Crippen LogP contribution in [0.2, 0.25) is 0 Å². The second-order valence-electron chi connectivity index (χ2n) is 3.30. The lowest BCUT2D eigenvalue weighted by molar-refractivity contribution is 1.14. The van der Waals surface area contributed by atoms with Crippen LogP contribution in [-0.2, 0) is 0 Å². The van der Waals surface area contributed by atoms with Crippen molar-refractivity contribution >= 4 is 21.6 Å². The van der Waals surface area contributed by atoms with Gasteiger partial charge < -0.3 is 5.32 Å². The molecule has 2 atom stereocenters. The lowest BCUT2D eigenvalue weighted by Crippen LogP contribution is -1.96. The van der Waals surface area contributed by atoms with Crippen LogP contribution in [0.25, 0.3) is 0 Å². The largest absolute Gasteiger partial charge is 0.381 e. The molecule has 1 nitrogen and oxygen atoms in total. The number of anilines is 1. The molecule has 0 amide bonds. The zero-order valence-electron chi connectivity index (χ0n) is 5.97. The summed E-state index contributed by atoms with van der Waals surface area (Å²) in [7, 11) is 0. The molecule has 11 heavy (non-hydrogen) atoms. The Morgan fingerprint density at radius 1 is 1.45 bits per heavy atom. The maximum absolute atomic E-state index is 3.53. The Morgan fingerprint density at radius 2 is 2.36 bits per heavy atom. The highest BCUT2D eigenvalue weighted by atomic mass is 79.9. The van der Waals surface area contributed by atoms with Crippen molar-refractivity contribution in [1.82, 2.24) is 0 Å². The molecule has 0 bridgehead atoms. The van der Waals surface area contributed by atoms with Crippen LogP contribution in [0.5, 0.6) is 0 Å². The highest BCUT2D eigenvalue weighted by Gasteiger charge is 2.45. The third-order valence-electron chi connectivity index (χ3n) is 2.57. The fraction of sp³-hybridized carbons (Fsp3) is 0.333. The minimum Gasteiger partial charge on any atom is -0.381 e. The van der Waals surface area contributed by atoms with Crippen molar-refractivity contribution < 1.29 is 0 Å². The molecule has 0 radical (unpaired) electrons. The lowest BCUT2D eigenvalue weighted by Gasteiger charge is -2.05. The van der Waals surface area contributed by atoms with E-state index in [1.54, 1.807) is 0 Å². The number of halogens is 1. The summed E-state index contributed by atoms with van der Waals surface area (Å²) in [6.07, 6.45) is 1.34. The number of para-hydroxylation sites is 1. The van der Waals surface area contributed by atoms with Crippen LogP contribution in [-0.4, -0.2) is 6.04 Å². The molecule has 0 aromatic heterocycles. The maximum atomic E-state index is 3.53. The highest BCUT2D eigenvalue weighted by Crippen LogP contribution is 2.53. The van der Waals surface area contributed by atoms with Gasteiger partial charge in [0.2, 0.25) is 0 Å². The molecule has 1 aliphatic heterocycles. The first-order valence-electron chi connectivity index (χ1n) is 3.91. The zero-order valence-corrected chi connectivity index (χ0v) is 7.56. The minimum absolute atomic E-state index is 0.753. The molecule has 0 saturated heterocycles. The van der Waals surface area contributed by atoms with E-state index < -0.39 is 0 Å². The van der Waals surface area contributed by atoms with Crippen LogP contribution < -0.4 is 5.32 Å². The molecule has 1 aliphatic carbocycles. The lowest BCUT2D eigenvalue weighted by atomic mass is 10.1. The zero-order chi connectivity index (χ0) is 7.42. The molecule has 1 aromatic carbocycles. The van der Waals surface area contributed by atoms with E-state index in [1.165, 1.54) is 22.1 Å². The van der Waals surface area contributed by atoms with Crippen molar-refractivity contribution in [3.63, 3.8) is 0 Å². The smallest absolute Gasteiger partial charge is 0.0523 e. The Morgan fingerprint density at radius 3 is 3.18 bits per heavy atom. The normalized spacial score (nSPS) is 30.6. The first kappa shape index (κ1) is 6.06. The van der Waals surface area contributed by atoms with Gasteiger partial charge in [-0.05, 0) is 34.0 Å². The quantitative estimate of drug-likeness (QED) is 0.694. The average Bonchev–Trinajstić information content (AvgIpc) is 2.67. The van der Waals surface area contributed by atoms with Crippen LogP contribution in [0, 0.1) is 0 Å². The van der Waals surface area contributed by atoms with Crippen molar-refractivity contribution in [3.05, 3.63) is 28.2 Å². The summed E-state index contributed by atoms with van der Waals surface area (Å²) in [6.45, 7) is 0. The monoisotopic (exact) mass is 209 g/mol. The number of hydrogen-bond donors (Lipinski definition) is 1. The van der Waals surface area contributed by atoms with Crippen LogP contribution >= 0.6 is 15.9 Å².